The minimum absolute atomic E-state index is 0.137. The molecule has 0 aliphatic carbocycles. The van der Waals surface area contributed by atoms with E-state index >= 15 is 0 Å². The first-order valence-corrected chi connectivity index (χ1v) is 7.95. The van der Waals surface area contributed by atoms with Crippen LogP contribution in [0.15, 0.2) is 53.8 Å². The number of aryl methyl sites for hydroxylation is 1. The van der Waals surface area contributed by atoms with Crippen molar-refractivity contribution in [2.75, 3.05) is 7.11 Å². The Bertz CT molecular complexity index is 916. The molecule has 1 unspecified atom stereocenters. The Balaban J connectivity index is 2.20. The summed E-state index contributed by atoms with van der Waals surface area (Å²) >= 11 is 0. The molecule has 0 bridgehead atoms. The van der Waals surface area contributed by atoms with E-state index in [9.17, 15) is 14.2 Å². The first kappa shape index (κ1) is 15.2. The highest BCUT2D eigenvalue weighted by Gasteiger charge is 2.23. The molecule has 23 heavy (non-hydrogen) atoms. The molecule has 0 radical (unpaired) electrons. The van der Waals surface area contributed by atoms with Gasteiger partial charge in [-0.05, 0) is 25.1 Å². The van der Waals surface area contributed by atoms with Gasteiger partial charge >= 0.3 is 5.97 Å². The fourth-order valence-electron chi connectivity index (χ4n) is 2.35. The van der Waals surface area contributed by atoms with Gasteiger partial charge in [0.2, 0.25) is 12.4 Å². The number of rotatable bonds is 3. The molecule has 1 aromatic carbocycles. The Morgan fingerprint density at radius 2 is 1.91 bits per heavy atom. The van der Waals surface area contributed by atoms with Crippen LogP contribution in [0.2, 0.25) is 0 Å². The van der Waals surface area contributed by atoms with Gasteiger partial charge in [-0.25, -0.2) is 9.00 Å². The summed E-state index contributed by atoms with van der Waals surface area (Å²) in [5.74, 6) is -0.612. The van der Waals surface area contributed by atoms with Gasteiger partial charge in [0.1, 0.15) is 0 Å². The van der Waals surface area contributed by atoms with Crippen LogP contribution in [0, 0.1) is 6.92 Å². The van der Waals surface area contributed by atoms with Crippen molar-refractivity contribution < 1.29 is 23.7 Å². The molecule has 2 aromatic heterocycles. The number of benzene rings is 1. The quantitative estimate of drug-likeness (QED) is 0.451. The largest absolute Gasteiger partial charge is 0.465 e. The fourth-order valence-corrected chi connectivity index (χ4v) is 3.48. The maximum absolute atomic E-state index is 12.8. The molecule has 3 aromatic rings. The maximum Gasteiger partial charge on any atom is 0.346 e. The predicted octanol–water partition coefficient (Wildman–Crippen LogP) is 1.83. The number of methoxy groups -OCH3 is 1. The van der Waals surface area contributed by atoms with Crippen molar-refractivity contribution in [1.82, 2.24) is 3.97 Å². The van der Waals surface area contributed by atoms with Crippen molar-refractivity contribution in [3.8, 4) is 0 Å². The maximum atomic E-state index is 12.8. The average Bonchev–Trinajstić information content (AvgIpc) is 2.97. The third-order valence-corrected chi connectivity index (χ3v) is 4.81. The number of carbonyl (C=O) groups excluding carboxylic acids is 1. The Hall–Kier alpha value is -2.67. The lowest BCUT2D eigenvalue weighted by Gasteiger charge is -2.07. The lowest BCUT2D eigenvalue weighted by molar-refractivity contribution is -0.904. The van der Waals surface area contributed by atoms with Crippen LogP contribution >= 0.6 is 0 Å². The van der Waals surface area contributed by atoms with Crippen LogP contribution < -0.4 is 4.73 Å². The molecule has 6 nitrogen and oxygen atoms in total. The van der Waals surface area contributed by atoms with Gasteiger partial charge in [0.05, 0.1) is 22.9 Å². The highest BCUT2D eigenvalue weighted by molar-refractivity contribution is 7.83. The molecule has 118 valence electrons. The van der Waals surface area contributed by atoms with Crippen LogP contribution in [-0.4, -0.2) is 26.5 Å². The van der Waals surface area contributed by atoms with Gasteiger partial charge in [-0.2, -0.15) is 0 Å². The molecule has 0 aliphatic heterocycles. The fraction of sp³-hybridized carbons (Fsp3) is 0.125. The molecule has 3 rings (SSSR count). The van der Waals surface area contributed by atoms with Gasteiger partial charge in [0.25, 0.3) is 0 Å². The van der Waals surface area contributed by atoms with Gasteiger partial charge in [-0.15, -0.1) is 0 Å². The molecular formula is C16H15N2O4S+. The molecule has 0 fully saturated rings. The summed E-state index contributed by atoms with van der Waals surface area (Å²) in [6.45, 7) is 1.95. The zero-order valence-electron chi connectivity index (χ0n) is 12.6. The summed E-state index contributed by atoms with van der Waals surface area (Å²) in [5, 5.41) is 10.3. The first-order valence-electron chi connectivity index (χ1n) is 6.84. The molecule has 0 saturated heterocycles. The van der Waals surface area contributed by atoms with Crippen molar-refractivity contribution in [3.05, 3.63) is 60.0 Å². The summed E-state index contributed by atoms with van der Waals surface area (Å²) in [6, 6.07) is 9.00. The Morgan fingerprint density at radius 3 is 2.57 bits per heavy atom. The molecule has 0 saturated carbocycles. The van der Waals surface area contributed by atoms with E-state index in [1.165, 1.54) is 23.5 Å². The Kier molecular flexibility index (Phi) is 3.87. The Morgan fingerprint density at radius 1 is 1.22 bits per heavy atom. The van der Waals surface area contributed by atoms with Crippen LogP contribution in [0.25, 0.3) is 10.9 Å². The highest BCUT2D eigenvalue weighted by atomic mass is 32.2. The highest BCUT2D eigenvalue weighted by Crippen LogP contribution is 2.22. The second-order valence-corrected chi connectivity index (χ2v) is 6.41. The number of aromatic nitrogens is 2. The average molecular weight is 331 g/mol. The number of nitrogens with zero attached hydrogens (tertiary/aromatic N) is 2. The standard InChI is InChI=1S/C16H15N2O4S/c1-11-3-5-13(6-4-11)23(21)18-8-7-12-9-17(20)10-14(15(12)18)16(19)22-2/h3-10,20H,1-2H3/q+1. The molecule has 1 N–H and O–H groups in total. The minimum atomic E-state index is -1.52. The number of fused-ring (bicyclic) bond motifs is 1. The van der Waals surface area contributed by atoms with Crippen molar-refractivity contribution in [1.29, 1.82) is 0 Å². The third-order valence-electron chi connectivity index (χ3n) is 3.48. The van der Waals surface area contributed by atoms with Gasteiger partial charge in [0, 0.05) is 10.9 Å². The normalized spacial score (nSPS) is 12.3. The SMILES string of the molecule is COC(=O)c1c[n+](O)cc2ccn(S(=O)c3ccc(C)cc3)c12. The van der Waals surface area contributed by atoms with Crippen molar-refractivity contribution in [2.24, 2.45) is 0 Å². The zero-order chi connectivity index (χ0) is 16.6. The van der Waals surface area contributed by atoms with E-state index in [2.05, 4.69) is 0 Å². The molecular weight excluding hydrogens is 316 g/mol. The van der Waals surface area contributed by atoms with Crippen LogP contribution in [0.3, 0.4) is 0 Å². The summed E-state index contributed by atoms with van der Waals surface area (Å²) in [5.41, 5.74) is 1.65. The summed E-state index contributed by atoms with van der Waals surface area (Å²) in [7, 11) is -0.259. The molecule has 1 atom stereocenters. The number of hydrogen-bond acceptors (Lipinski definition) is 4. The Labute approximate surface area is 135 Å². The number of carbonyl (C=O) groups is 1. The van der Waals surface area contributed by atoms with Gasteiger partial charge in [0.15, 0.2) is 16.5 Å². The molecule has 0 aliphatic rings. The summed E-state index contributed by atoms with van der Waals surface area (Å²) in [4.78, 5) is 12.6. The predicted molar refractivity (Wildman–Crippen MR) is 83.6 cm³/mol. The van der Waals surface area contributed by atoms with Crippen LogP contribution in [-0.2, 0) is 15.7 Å². The van der Waals surface area contributed by atoms with Crippen LogP contribution in [0.1, 0.15) is 15.9 Å². The minimum Gasteiger partial charge on any atom is -0.465 e. The van der Waals surface area contributed by atoms with E-state index in [0.29, 0.717) is 15.8 Å². The van der Waals surface area contributed by atoms with E-state index in [1.54, 1.807) is 24.4 Å². The smallest absolute Gasteiger partial charge is 0.346 e. The van der Waals surface area contributed by atoms with Gasteiger partial charge < -0.3 is 4.74 Å². The van der Waals surface area contributed by atoms with E-state index < -0.39 is 17.0 Å². The molecule has 7 heteroatoms. The summed E-state index contributed by atoms with van der Waals surface area (Å²) in [6.07, 6.45) is 4.29. The lowest BCUT2D eigenvalue weighted by atomic mass is 10.2. The van der Waals surface area contributed by atoms with Crippen molar-refractivity contribution >= 4 is 27.9 Å². The zero-order valence-corrected chi connectivity index (χ0v) is 13.4. The molecule has 0 spiro atoms. The van der Waals surface area contributed by atoms with Crippen molar-refractivity contribution in [3.63, 3.8) is 0 Å². The van der Waals surface area contributed by atoms with Crippen LogP contribution in [0.5, 0.6) is 0 Å². The van der Waals surface area contributed by atoms with Gasteiger partial charge in [-0.3, -0.25) is 9.18 Å². The monoisotopic (exact) mass is 331 g/mol. The van der Waals surface area contributed by atoms with E-state index in [4.69, 9.17) is 4.74 Å². The number of hydrogen-bond donors (Lipinski definition) is 1. The topological polar surface area (TPSA) is 72.4 Å². The van der Waals surface area contributed by atoms with Crippen LogP contribution in [0.4, 0.5) is 0 Å². The van der Waals surface area contributed by atoms with Gasteiger partial charge in [-0.1, -0.05) is 17.7 Å². The number of ether oxygens (including phenoxy) is 1. The molecule has 2 heterocycles. The van der Waals surface area contributed by atoms with E-state index in [-0.39, 0.29) is 5.56 Å². The first-order chi connectivity index (χ1) is 11.0. The third kappa shape index (κ3) is 2.70. The molecule has 0 amide bonds. The van der Waals surface area contributed by atoms with E-state index in [0.717, 1.165) is 10.3 Å². The number of esters is 1. The lowest BCUT2D eigenvalue weighted by Crippen LogP contribution is -2.30. The second kappa shape index (κ2) is 5.85. The van der Waals surface area contributed by atoms with E-state index in [1.807, 2.05) is 19.1 Å². The summed E-state index contributed by atoms with van der Waals surface area (Å²) < 4.78 is 19.9. The number of pyridine rings is 1. The second-order valence-electron chi connectivity index (χ2n) is 5.05. The van der Waals surface area contributed by atoms with Crippen molar-refractivity contribution in [2.45, 2.75) is 11.8 Å².